The van der Waals surface area contributed by atoms with Crippen LogP contribution in [0.3, 0.4) is 0 Å². The van der Waals surface area contributed by atoms with Crippen LogP contribution in [0, 0.1) is 0 Å². The summed E-state index contributed by atoms with van der Waals surface area (Å²) in [5.41, 5.74) is 15.1. The predicted molar refractivity (Wildman–Crippen MR) is 239 cm³/mol. The quantitative estimate of drug-likeness (QED) is 0.176. The molecule has 0 amide bonds. The predicted octanol–water partition coefficient (Wildman–Crippen LogP) is 14.6. The summed E-state index contributed by atoms with van der Waals surface area (Å²) < 4.78 is 0. The molecule has 0 unspecified atom stereocenters. The first-order chi connectivity index (χ1) is 28.0. The molecule has 1 aliphatic carbocycles. The van der Waals surface area contributed by atoms with E-state index in [-0.39, 0.29) is 5.41 Å². The van der Waals surface area contributed by atoms with E-state index in [1.54, 1.807) is 0 Å². The van der Waals surface area contributed by atoms with Crippen LogP contribution in [-0.2, 0) is 5.41 Å². The minimum Gasteiger partial charge on any atom is -0.228 e. The number of benzene rings is 9. The summed E-state index contributed by atoms with van der Waals surface area (Å²) in [6, 6.07) is 70.1. The van der Waals surface area contributed by atoms with Crippen LogP contribution in [0.2, 0.25) is 0 Å². The van der Waals surface area contributed by atoms with Crippen molar-refractivity contribution in [2.75, 3.05) is 0 Å². The summed E-state index contributed by atoms with van der Waals surface area (Å²) in [5.74, 6) is 0.710. The smallest absolute Gasteiger partial charge is 0.160 e. The Hall–Kier alpha value is -7.16. The van der Waals surface area contributed by atoms with E-state index in [4.69, 9.17) is 9.97 Å². The number of rotatable bonds is 5. The summed E-state index contributed by atoms with van der Waals surface area (Å²) in [7, 11) is 0. The lowest BCUT2D eigenvalue weighted by atomic mass is 9.78. The lowest BCUT2D eigenvalue weighted by Gasteiger charge is -2.25. The SMILES string of the molecule is CC1(C)c2cc3ccccc3cc2-c2cccc(-c3ccc(-c4cc(-c5ccc(-c6cccc7ccccc67)cc5)nc(-c5ccccc5)n4)c4ccccc34)c21. The topological polar surface area (TPSA) is 25.8 Å². The van der Waals surface area contributed by atoms with Crippen LogP contribution in [0.5, 0.6) is 0 Å². The number of nitrogens with zero attached hydrogens (tertiary/aromatic N) is 2. The van der Waals surface area contributed by atoms with E-state index in [1.807, 2.05) is 6.07 Å². The van der Waals surface area contributed by atoms with Gasteiger partial charge in [0.1, 0.15) is 0 Å². The van der Waals surface area contributed by atoms with E-state index < -0.39 is 0 Å². The molecule has 0 saturated carbocycles. The highest BCUT2D eigenvalue weighted by Gasteiger charge is 2.38. The van der Waals surface area contributed by atoms with E-state index in [9.17, 15) is 0 Å². The van der Waals surface area contributed by atoms with E-state index in [0.717, 1.165) is 28.1 Å². The van der Waals surface area contributed by atoms with Crippen LogP contribution >= 0.6 is 0 Å². The summed E-state index contributed by atoms with van der Waals surface area (Å²) in [5, 5.41) is 7.43. The first-order valence-corrected chi connectivity index (χ1v) is 19.7. The minimum absolute atomic E-state index is 0.166. The molecule has 0 atom stereocenters. The summed E-state index contributed by atoms with van der Waals surface area (Å²) in [4.78, 5) is 10.5. The Morgan fingerprint density at radius 1 is 0.333 bits per heavy atom. The Morgan fingerprint density at radius 3 is 1.65 bits per heavy atom. The third kappa shape index (κ3) is 5.40. The molecular formula is C55H38N2. The van der Waals surface area contributed by atoms with E-state index in [1.165, 1.54) is 76.8 Å². The number of fused-ring (bicyclic) bond motifs is 6. The fourth-order valence-corrected chi connectivity index (χ4v) is 9.29. The van der Waals surface area contributed by atoms with Gasteiger partial charge in [-0.25, -0.2) is 9.97 Å². The molecule has 1 aromatic heterocycles. The van der Waals surface area contributed by atoms with Crippen molar-refractivity contribution in [1.82, 2.24) is 9.97 Å². The second-order valence-electron chi connectivity index (χ2n) is 15.7. The molecule has 0 saturated heterocycles. The largest absolute Gasteiger partial charge is 0.228 e. The zero-order chi connectivity index (χ0) is 38.1. The molecule has 0 fully saturated rings. The molecule has 2 heteroatoms. The van der Waals surface area contributed by atoms with Gasteiger partial charge in [-0.05, 0) is 95.0 Å². The van der Waals surface area contributed by atoms with Crippen LogP contribution < -0.4 is 0 Å². The van der Waals surface area contributed by atoms with Crippen LogP contribution in [0.25, 0.3) is 99.6 Å². The zero-order valence-electron chi connectivity index (χ0n) is 31.9. The van der Waals surface area contributed by atoms with Gasteiger partial charge in [-0.1, -0.05) is 190 Å². The molecule has 0 radical (unpaired) electrons. The standard InChI is InChI=1S/C55H38N2/c1-55(2)50-33-40-18-7-6-17-39(40)32-49(50)48-25-13-24-47(53(48)55)45-30-31-46(44-22-11-10-21-43(44)45)52-34-51(56-54(57-52)38-15-4-3-5-16-38)37-28-26-36(27-29-37)42-23-12-19-35-14-8-9-20-41(35)42/h3-34H,1-2H3. The first-order valence-electron chi connectivity index (χ1n) is 19.7. The fourth-order valence-electron chi connectivity index (χ4n) is 9.29. The van der Waals surface area contributed by atoms with Gasteiger partial charge in [0, 0.05) is 22.1 Å². The van der Waals surface area contributed by atoms with Gasteiger partial charge in [0.15, 0.2) is 5.82 Å². The highest BCUT2D eigenvalue weighted by Crippen LogP contribution is 2.54. The lowest BCUT2D eigenvalue weighted by molar-refractivity contribution is 0.663. The van der Waals surface area contributed by atoms with Gasteiger partial charge in [-0.2, -0.15) is 0 Å². The van der Waals surface area contributed by atoms with E-state index in [0.29, 0.717) is 5.82 Å². The van der Waals surface area contributed by atoms with Crippen molar-refractivity contribution in [3.8, 4) is 67.3 Å². The number of hydrogen-bond donors (Lipinski definition) is 0. The molecule has 1 aliphatic rings. The Kier molecular flexibility index (Phi) is 7.55. The molecule has 0 spiro atoms. The van der Waals surface area contributed by atoms with Gasteiger partial charge in [-0.3, -0.25) is 0 Å². The highest BCUT2D eigenvalue weighted by molar-refractivity contribution is 6.07. The number of aromatic nitrogens is 2. The molecule has 2 nitrogen and oxygen atoms in total. The van der Waals surface area contributed by atoms with Gasteiger partial charge >= 0.3 is 0 Å². The molecule has 10 aromatic rings. The van der Waals surface area contributed by atoms with Crippen LogP contribution in [0.4, 0.5) is 0 Å². The van der Waals surface area contributed by atoms with Crippen molar-refractivity contribution in [2.24, 2.45) is 0 Å². The van der Waals surface area contributed by atoms with E-state index >= 15 is 0 Å². The molecular weight excluding hydrogens is 689 g/mol. The number of hydrogen-bond acceptors (Lipinski definition) is 2. The monoisotopic (exact) mass is 726 g/mol. The zero-order valence-corrected chi connectivity index (χ0v) is 31.9. The molecule has 268 valence electrons. The van der Waals surface area contributed by atoms with Crippen molar-refractivity contribution in [2.45, 2.75) is 19.3 Å². The Labute approximate surface area is 332 Å². The van der Waals surface area contributed by atoms with Crippen LogP contribution in [-0.4, -0.2) is 9.97 Å². The maximum atomic E-state index is 5.27. The Morgan fingerprint density at radius 2 is 0.877 bits per heavy atom. The second-order valence-corrected chi connectivity index (χ2v) is 15.7. The molecule has 1 heterocycles. The molecule has 0 N–H and O–H groups in total. The van der Waals surface area contributed by atoms with Gasteiger partial charge in [0.25, 0.3) is 0 Å². The molecule has 57 heavy (non-hydrogen) atoms. The Bertz CT molecular complexity index is 3190. The minimum atomic E-state index is -0.166. The molecule has 0 aliphatic heterocycles. The van der Waals surface area contributed by atoms with Crippen molar-refractivity contribution < 1.29 is 0 Å². The summed E-state index contributed by atoms with van der Waals surface area (Å²) >= 11 is 0. The first kappa shape index (κ1) is 33.2. The normalized spacial score (nSPS) is 12.9. The molecule has 0 bridgehead atoms. The van der Waals surface area contributed by atoms with Gasteiger partial charge in [-0.15, -0.1) is 0 Å². The van der Waals surface area contributed by atoms with Gasteiger partial charge in [0.2, 0.25) is 0 Å². The maximum absolute atomic E-state index is 5.27. The van der Waals surface area contributed by atoms with Gasteiger partial charge < -0.3 is 0 Å². The maximum Gasteiger partial charge on any atom is 0.160 e. The van der Waals surface area contributed by atoms with Crippen molar-refractivity contribution >= 4 is 32.3 Å². The van der Waals surface area contributed by atoms with Crippen molar-refractivity contribution in [3.63, 3.8) is 0 Å². The molecule has 11 rings (SSSR count). The third-order valence-electron chi connectivity index (χ3n) is 12.1. The molecule has 9 aromatic carbocycles. The lowest BCUT2D eigenvalue weighted by Crippen LogP contribution is -2.16. The Balaban J connectivity index is 1.06. The average Bonchev–Trinajstić information content (AvgIpc) is 3.50. The average molecular weight is 727 g/mol. The fraction of sp³-hybridized carbons (Fsp3) is 0.0545. The van der Waals surface area contributed by atoms with E-state index in [2.05, 4.69) is 202 Å². The van der Waals surface area contributed by atoms with Crippen LogP contribution in [0.1, 0.15) is 25.0 Å². The summed E-state index contributed by atoms with van der Waals surface area (Å²) in [6.07, 6.45) is 0. The van der Waals surface area contributed by atoms with Crippen molar-refractivity contribution in [3.05, 3.63) is 205 Å². The summed E-state index contributed by atoms with van der Waals surface area (Å²) in [6.45, 7) is 4.77. The van der Waals surface area contributed by atoms with Crippen molar-refractivity contribution in [1.29, 1.82) is 0 Å². The van der Waals surface area contributed by atoms with Crippen LogP contribution in [0.15, 0.2) is 194 Å². The van der Waals surface area contributed by atoms with Gasteiger partial charge in [0.05, 0.1) is 11.4 Å². The third-order valence-corrected chi connectivity index (χ3v) is 12.1. The highest BCUT2D eigenvalue weighted by atomic mass is 14.9. The second kappa shape index (κ2) is 13.0.